The Balaban J connectivity index is 1.82. The van der Waals surface area contributed by atoms with E-state index < -0.39 is 22.5 Å². The van der Waals surface area contributed by atoms with Crippen LogP contribution in [0.25, 0.3) is 0 Å². The lowest BCUT2D eigenvalue weighted by Gasteiger charge is -2.63. The molecule has 1 unspecified atom stereocenters. The normalized spacial score (nSPS) is 43.7. The molecule has 6 heteroatoms. The van der Waals surface area contributed by atoms with E-state index in [1.165, 1.54) is 38.5 Å². The van der Waals surface area contributed by atoms with E-state index in [9.17, 15) is 4.79 Å². The Bertz CT molecular complexity index is 514. The molecule has 2 N–H and O–H groups in total. The summed E-state index contributed by atoms with van der Waals surface area (Å²) in [7, 11) is -4.77. The monoisotopic (exact) mass is 380 g/mol. The average molecular weight is 381 g/mol. The number of carbonyl (C=O) groups excluding carboxylic acids is 1. The first kappa shape index (κ1) is 17.3. The number of rotatable bonds is 3. The second-order valence-corrected chi connectivity index (χ2v) is 38.3. The molecule has 4 aliphatic carbocycles. The lowest BCUT2D eigenvalue weighted by atomic mass is 9.49. The van der Waals surface area contributed by atoms with Crippen LogP contribution in [0.2, 0.25) is 39.3 Å². The zero-order chi connectivity index (χ0) is 17.5. The SMILES string of the molecule is C[Si](C)(C)[Si]1([Si](C)(C)C)NC(=O)NC1C12CC3CC(CC(C3)C1)C2. The fourth-order valence-electron chi connectivity index (χ4n) is 8.04. The Kier molecular flexibility index (Phi) is 3.61. The number of hydrogen-bond acceptors (Lipinski definition) is 1. The molecule has 0 radical (unpaired) electrons. The topological polar surface area (TPSA) is 41.1 Å². The van der Waals surface area contributed by atoms with Crippen molar-refractivity contribution in [1.29, 1.82) is 0 Å². The van der Waals surface area contributed by atoms with E-state index in [2.05, 4.69) is 49.6 Å². The molecule has 4 bridgehead atoms. The maximum Gasteiger partial charge on any atom is 0.306 e. The van der Waals surface area contributed by atoms with E-state index in [-0.39, 0.29) is 6.03 Å². The van der Waals surface area contributed by atoms with Gasteiger partial charge in [0, 0.05) is 5.67 Å². The van der Waals surface area contributed by atoms with Gasteiger partial charge in [-0.1, -0.05) is 39.3 Å². The van der Waals surface area contributed by atoms with Crippen LogP contribution in [0.3, 0.4) is 0 Å². The van der Waals surface area contributed by atoms with Crippen LogP contribution in [-0.4, -0.2) is 34.1 Å². The fourth-order valence-corrected chi connectivity index (χ4v) is 52.4. The minimum absolute atomic E-state index is 0.187. The summed E-state index contributed by atoms with van der Waals surface area (Å²) in [6.45, 7) is 15.3. The molecule has 24 heavy (non-hydrogen) atoms. The van der Waals surface area contributed by atoms with E-state index in [0.29, 0.717) is 11.1 Å². The highest BCUT2D eigenvalue weighted by Gasteiger charge is 2.70. The van der Waals surface area contributed by atoms with Crippen molar-refractivity contribution in [3.8, 4) is 0 Å². The van der Waals surface area contributed by atoms with Crippen LogP contribution in [0.1, 0.15) is 38.5 Å². The molecule has 2 amide bonds. The van der Waals surface area contributed by atoms with Crippen LogP contribution >= 0.6 is 0 Å². The van der Waals surface area contributed by atoms with Crippen molar-refractivity contribution in [3.05, 3.63) is 0 Å². The first-order valence-corrected chi connectivity index (χ1v) is 21.1. The van der Waals surface area contributed by atoms with Crippen molar-refractivity contribution < 1.29 is 4.79 Å². The minimum atomic E-state index is -1.85. The molecule has 5 aliphatic rings. The number of carbonyl (C=O) groups is 1. The first-order chi connectivity index (χ1) is 11.0. The van der Waals surface area contributed by atoms with E-state index in [0.717, 1.165) is 17.8 Å². The standard InChI is InChI=1S/C18H36N2OSi3/c1-22(2,3)24(23(4,5)6)16(19-17(21)20-24)18-10-13-7-14(11-18)9-15(8-13)12-18/h13-16H,7-12H2,1-6H3,(H2,19,20,21). The summed E-state index contributed by atoms with van der Waals surface area (Å²) in [5.41, 5.74) is 0.963. The third-order valence-corrected chi connectivity index (χ3v) is 45.2. The van der Waals surface area contributed by atoms with Gasteiger partial charge in [-0.3, -0.25) is 0 Å². The summed E-state index contributed by atoms with van der Waals surface area (Å²) in [6.07, 6.45) is 8.70. The summed E-state index contributed by atoms with van der Waals surface area (Å²) in [4.78, 5) is 16.4. The van der Waals surface area contributed by atoms with Crippen molar-refractivity contribution in [2.24, 2.45) is 23.2 Å². The molecule has 3 nitrogen and oxygen atoms in total. The summed E-state index contributed by atoms with van der Waals surface area (Å²) in [6, 6.07) is 0.187. The number of hydrogen-bond donors (Lipinski definition) is 2. The molecule has 1 heterocycles. The van der Waals surface area contributed by atoms with Crippen molar-refractivity contribution in [1.82, 2.24) is 10.3 Å². The van der Waals surface area contributed by atoms with Gasteiger partial charge in [0.2, 0.25) is 0 Å². The number of nitrogens with one attached hydrogen (secondary N) is 2. The Hall–Kier alpha value is -0.0794. The van der Waals surface area contributed by atoms with Crippen LogP contribution in [0.15, 0.2) is 0 Å². The molecule has 5 fully saturated rings. The van der Waals surface area contributed by atoms with Gasteiger partial charge in [-0.05, 0) is 61.7 Å². The molecule has 0 aromatic carbocycles. The van der Waals surface area contributed by atoms with Gasteiger partial charge in [0.05, 0.1) is 15.2 Å². The molecule has 1 atom stereocenters. The van der Waals surface area contributed by atoms with Gasteiger partial charge in [0.15, 0.2) is 7.27 Å². The predicted octanol–water partition coefficient (Wildman–Crippen LogP) is 4.20. The van der Waals surface area contributed by atoms with Gasteiger partial charge in [-0.15, -0.1) is 0 Å². The van der Waals surface area contributed by atoms with Gasteiger partial charge < -0.3 is 10.3 Å². The van der Waals surface area contributed by atoms with Gasteiger partial charge in [0.1, 0.15) is 0 Å². The summed E-state index contributed by atoms with van der Waals surface area (Å²) >= 11 is 0. The third-order valence-electron chi connectivity index (χ3n) is 8.08. The van der Waals surface area contributed by atoms with Gasteiger partial charge >= 0.3 is 6.03 Å². The van der Waals surface area contributed by atoms with E-state index >= 15 is 0 Å². The smallest absolute Gasteiger partial charge is 0.306 e. The number of urea groups is 1. The van der Waals surface area contributed by atoms with Crippen LogP contribution in [0.4, 0.5) is 4.79 Å². The minimum Gasteiger partial charge on any atom is -0.367 e. The van der Waals surface area contributed by atoms with Crippen molar-refractivity contribution in [2.75, 3.05) is 0 Å². The Morgan fingerprint density at radius 3 is 1.67 bits per heavy atom. The van der Waals surface area contributed by atoms with Crippen LogP contribution in [-0.2, 0) is 0 Å². The quantitative estimate of drug-likeness (QED) is 0.708. The molecule has 1 saturated heterocycles. The maximum absolute atomic E-state index is 12.7. The molecular formula is C18H36N2OSi3. The second-order valence-electron chi connectivity index (χ2n) is 11.6. The van der Waals surface area contributed by atoms with E-state index in [1.807, 2.05) is 0 Å². The van der Waals surface area contributed by atoms with Gasteiger partial charge in [-0.2, -0.15) is 0 Å². The lowest BCUT2D eigenvalue weighted by Crippen LogP contribution is -2.85. The van der Waals surface area contributed by atoms with Gasteiger partial charge in [-0.25, -0.2) is 4.79 Å². The fraction of sp³-hybridized carbons (Fsp3) is 0.944. The molecule has 4 saturated carbocycles. The highest BCUT2D eigenvalue weighted by atomic mass is 29.6. The van der Waals surface area contributed by atoms with Crippen molar-refractivity contribution in [2.45, 2.75) is 83.5 Å². The summed E-state index contributed by atoms with van der Waals surface area (Å²) in [5.74, 6) is 2.89. The predicted molar refractivity (Wildman–Crippen MR) is 109 cm³/mol. The third kappa shape index (κ3) is 2.21. The first-order valence-electron chi connectivity index (χ1n) is 10.1. The molecule has 0 aromatic heterocycles. The Morgan fingerprint density at radius 2 is 1.29 bits per heavy atom. The molecule has 0 aromatic rings. The van der Waals surface area contributed by atoms with Crippen LogP contribution in [0.5, 0.6) is 0 Å². The van der Waals surface area contributed by atoms with Crippen molar-refractivity contribution >= 4 is 28.5 Å². The molecular weight excluding hydrogens is 344 g/mol. The van der Waals surface area contributed by atoms with Crippen molar-refractivity contribution in [3.63, 3.8) is 0 Å². The highest BCUT2D eigenvalue weighted by Crippen LogP contribution is 2.63. The Morgan fingerprint density at radius 1 is 0.875 bits per heavy atom. The largest absolute Gasteiger partial charge is 0.367 e. The maximum atomic E-state index is 12.7. The number of amides is 2. The zero-order valence-electron chi connectivity index (χ0n) is 16.5. The highest BCUT2D eigenvalue weighted by molar-refractivity contribution is 7.69. The van der Waals surface area contributed by atoms with Crippen LogP contribution in [0, 0.1) is 23.2 Å². The molecule has 5 rings (SSSR count). The summed E-state index contributed by atoms with van der Waals surface area (Å²) < 4.78 is 0. The lowest BCUT2D eigenvalue weighted by molar-refractivity contribution is -0.0577. The Labute approximate surface area is 150 Å². The summed E-state index contributed by atoms with van der Waals surface area (Å²) in [5, 5.41) is 3.60. The molecule has 136 valence electrons. The van der Waals surface area contributed by atoms with Gasteiger partial charge in [0.25, 0.3) is 0 Å². The zero-order valence-corrected chi connectivity index (χ0v) is 19.5. The van der Waals surface area contributed by atoms with Crippen LogP contribution < -0.4 is 10.3 Å². The molecule has 1 aliphatic heterocycles. The average Bonchev–Trinajstić information content (AvgIpc) is 2.76. The van der Waals surface area contributed by atoms with E-state index in [4.69, 9.17) is 0 Å². The second kappa shape index (κ2) is 5.00. The molecule has 0 spiro atoms. The van der Waals surface area contributed by atoms with E-state index in [1.54, 1.807) is 0 Å².